The molecule has 0 aliphatic carbocycles. The predicted molar refractivity (Wildman–Crippen MR) is 120 cm³/mol. The van der Waals surface area contributed by atoms with Crippen molar-refractivity contribution in [3.8, 4) is 0 Å². The van der Waals surface area contributed by atoms with Crippen LogP contribution in [0.3, 0.4) is 0 Å². The van der Waals surface area contributed by atoms with Crippen molar-refractivity contribution >= 4 is 33.3 Å². The molecule has 5 nitrogen and oxygen atoms in total. The second-order valence-corrected chi connectivity index (χ2v) is 8.12. The molecule has 4 rings (SSSR count). The number of carbonyl (C=O) groups excluding carboxylic acids is 1. The summed E-state index contributed by atoms with van der Waals surface area (Å²) in [7, 11) is 0. The lowest BCUT2D eigenvalue weighted by Gasteiger charge is -2.34. The zero-order valence-corrected chi connectivity index (χ0v) is 17.7. The van der Waals surface area contributed by atoms with Gasteiger partial charge in [0.2, 0.25) is 5.91 Å². The summed E-state index contributed by atoms with van der Waals surface area (Å²) >= 11 is 3.49. The summed E-state index contributed by atoms with van der Waals surface area (Å²) in [6.07, 6.45) is 1.77. The van der Waals surface area contributed by atoms with Crippen LogP contribution in [0.2, 0.25) is 0 Å². The van der Waals surface area contributed by atoms with E-state index in [1.54, 1.807) is 6.20 Å². The summed E-state index contributed by atoms with van der Waals surface area (Å²) < 4.78 is 0.968. The van der Waals surface area contributed by atoms with Gasteiger partial charge >= 0.3 is 0 Å². The van der Waals surface area contributed by atoms with Crippen molar-refractivity contribution in [1.82, 2.24) is 10.3 Å². The van der Waals surface area contributed by atoms with Gasteiger partial charge in [-0.25, -0.2) is 4.98 Å². The van der Waals surface area contributed by atoms with E-state index in [9.17, 15) is 4.79 Å². The molecule has 0 saturated heterocycles. The Kier molecular flexibility index (Phi) is 5.81. The number of amides is 1. The summed E-state index contributed by atoms with van der Waals surface area (Å²) in [5.74, 6) is 0.533. The Balaban J connectivity index is 1.58. The Labute approximate surface area is 179 Å². The molecular formula is C23H23BrN4O. The number of carbonyl (C=O) groups is 1. The standard InChI is InChI=1S/C23H23BrN4O/c1-15(17-9-5-10-18(24)13-17)23(29)28-21(16-7-3-2-4-8-16)20-14-26-19-11-6-12-25-22(19)27-20/h2-13,15,20-21,26H,14H2,1H3,(H,25,27)(H,28,29)/t15-,20+,21+/m0/s1. The second-order valence-electron chi connectivity index (χ2n) is 7.20. The number of fused-ring (bicyclic) bond motifs is 1. The van der Waals surface area contributed by atoms with Gasteiger partial charge in [0.05, 0.1) is 23.7 Å². The van der Waals surface area contributed by atoms with Crippen LogP contribution in [-0.4, -0.2) is 23.5 Å². The van der Waals surface area contributed by atoms with Crippen molar-refractivity contribution in [2.75, 3.05) is 17.2 Å². The lowest BCUT2D eigenvalue weighted by atomic mass is 9.95. The Bertz CT molecular complexity index is 995. The number of benzene rings is 2. The van der Waals surface area contributed by atoms with Crippen LogP contribution in [0.5, 0.6) is 0 Å². The fourth-order valence-electron chi connectivity index (χ4n) is 3.59. The predicted octanol–water partition coefficient (Wildman–Crippen LogP) is 4.71. The molecule has 1 aliphatic heterocycles. The number of nitrogens with zero attached hydrogens (tertiary/aromatic N) is 1. The highest BCUT2D eigenvalue weighted by Crippen LogP contribution is 2.29. The van der Waals surface area contributed by atoms with Crippen LogP contribution >= 0.6 is 15.9 Å². The molecule has 2 heterocycles. The molecule has 0 fully saturated rings. The van der Waals surface area contributed by atoms with E-state index in [1.165, 1.54) is 0 Å². The highest BCUT2D eigenvalue weighted by atomic mass is 79.9. The third kappa shape index (κ3) is 4.43. The zero-order chi connectivity index (χ0) is 20.2. The third-order valence-corrected chi connectivity index (χ3v) is 5.74. The van der Waals surface area contributed by atoms with E-state index in [0.717, 1.165) is 27.1 Å². The van der Waals surface area contributed by atoms with Gasteiger partial charge in [0.25, 0.3) is 0 Å². The smallest absolute Gasteiger partial charge is 0.227 e. The topological polar surface area (TPSA) is 66.0 Å². The SMILES string of the molecule is C[C@H](C(=O)N[C@H](c1ccccc1)[C@H]1CNc2cccnc2N1)c1cccc(Br)c1. The van der Waals surface area contributed by atoms with Crippen LogP contribution in [-0.2, 0) is 4.79 Å². The van der Waals surface area contributed by atoms with Crippen molar-refractivity contribution in [3.05, 3.63) is 88.5 Å². The van der Waals surface area contributed by atoms with Crippen LogP contribution in [0, 0.1) is 0 Å². The number of pyridine rings is 1. The number of hydrogen-bond acceptors (Lipinski definition) is 4. The van der Waals surface area contributed by atoms with Crippen molar-refractivity contribution < 1.29 is 4.79 Å². The summed E-state index contributed by atoms with van der Waals surface area (Å²) in [6, 6.07) is 21.6. The third-order valence-electron chi connectivity index (χ3n) is 5.24. The van der Waals surface area contributed by atoms with Gasteiger partial charge in [-0.3, -0.25) is 4.79 Å². The van der Waals surface area contributed by atoms with Crippen LogP contribution in [0.25, 0.3) is 0 Å². The second kappa shape index (κ2) is 8.66. The summed E-state index contributed by atoms with van der Waals surface area (Å²) in [6.45, 7) is 2.62. The maximum atomic E-state index is 13.1. The average molecular weight is 451 g/mol. The maximum Gasteiger partial charge on any atom is 0.227 e. The monoisotopic (exact) mass is 450 g/mol. The fraction of sp³-hybridized carbons (Fsp3) is 0.217. The van der Waals surface area contributed by atoms with Gasteiger partial charge in [-0.15, -0.1) is 0 Å². The fourth-order valence-corrected chi connectivity index (χ4v) is 4.01. The molecule has 29 heavy (non-hydrogen) atoms. The van der Waals surface area contributed by atoms with Crippen molar-refractivity contribution in [2.24, 2.45) is 0 Å². The number of anilines is 2. The number of rotatable bonds is 5. The first-order valence-corrected chi connectivity index (χ1v) is 10.5. The molecular weight excluding hydrogens is 428 g/mol. The van der Waals surface area contributed by atoms with Gasteiger partial charge in [0.1, 0.15) is 5.82 Å². The Morgan fingerprint density at radius 2 is 1.90 bits per heavy atom. The van der Waals surface area contributed by atoms with Gasteiger partial charge in [0.15, 0.2) is 0 Å². The summed E-state index contributed by atoms with van der Waals surface area (Å²) in [5, 5.41) is 10.2. The Hall–Kier alpha value is -2.86. The van der Waals surface area contributed by atoms with E-state index in [1.807, 2.05) is 73.7 Å². The minimum absolute atomic E-state index is 0.00873. The molecule has 1 aliphatic rings. The number of aromatic nitrogens is 1. The molecule has 3 atom stereocenters. The van der Waals surface area contributed by atoms with Gasteiger partial charge in [0, 0.05) is 17.2 Å². The molecule has 0 bridgehead atoms. The number of nitrogens with one attached hydrogen (secondary N) is 3. The minimum atomic E-state index is -0.263. The highest BCUT2D eigenvalue weighted by Gasteiger charge is 2.30. The average Bonchev–Trinajstić information content (AvgIpc) is 2.77. The normalized spacial score (nSPS) is 17.2. The Morgan fingerprint density at radius 1 is 1.10 bits per heavy atom. The van der Waals surface area contributed by atoms with Gasteiger partial charge in [-0.2, -0.15) is 0 Å². The molecule has 3 N–H and O–H groups in total. The molecule has 148 valence electrons. The lowest BCUT2D eigenvalue weighted by Crippen LogP contribution is -2.46. The van der Waals surface area contributed by atoms with E-state index < -0.39 is 0 Å². The lowest BCUT2D eigenvalue weighted by molar-refractivity contribution is -0.123. The first kappa shape index (κ1) is 19.5. The van der Waals surface area contributed by atoms with E-state index in [-0.39, 0.29) is 23.9 Å². The summed E-state index contributed by atoms with van der Waals surface area (Å²) in [5.41, 5.74) is 3.01. The van der Waals surface area contributed by atoms with Gasteiger partial charge in [-0.1, -0.05) is 58.4 Å². The molecule has 6 heteroatoms. The molecule has 1 amide bonds. The number of hydrogen-bond donors (Lipinski definition) is 3. The van der Waals surface area contributed by atoms with Crippen LogP contribution < -0.4 is 16.0 Å². The van der Waals surface area contributed by atoms with Crippen LogP contribution in [0.15, 0.2) is 77.4 Å². The molecule has 0 saturated carbocycles. The van der Waals surface area contributed by atoms with E-state index in [2.05, 4.69) is 36.9 Å². The van der Waals surface area contributed by atoms with E-state index in [0.29, 0.717) is 6.54 Å². The first-order valence-electron chi connectivity index (χ1n) is 9.68. The first-order chi connectivity index (χ1) is 14.1. The summed E-state index contributed by atoms with van der Waals surface area (Å²) in [4.78, 5) is 17.6. The van der Waals surface area contributed by atoms with Gasteiger partial charge < -0.3 is 16.0 Å². The van der Waals surface area contributed by atoms with Crippen molar-refractivity contribution in [2.45, 2.75) is 24.9 Å². The van der Waals surface area contributed by atoms with Crippen LogP contribution in [0.4, 0.5) is 11.5 Å². The molecule has 0 spiro atoms. The molecule has 0 unspecified atom stereocenters. The van der Waals surface area contributed by atoms with Crippen molar-refractivity contribution in [3.63, 3.8) is 0 Å². The maximum absolute atomic E-state index is 13.1. The molecule has 3 aromatic rings. The number of halogens is 1. The van der Waals surface area contributed by atoms with Gasteiger partial charge in [-0.05, 0) is 42.3 Å². The zero-order valence-electron chi connectivity index (χ0n) is 16.1. The molecule has 0 radical (unpaired) electrons. The largest absolute Gasteiger partial charge is 0.380 e. The van der Waals surface area contributed by atoms with E-state index >= 15 is 0 Å². The molecule has 2 aromatic carbocycles. The molecule has 1 aromatic heterocycles. The van der Waals surface area contributed by atoms with Crippen LogP contribution in [0.1, 0.15) is 30.0 Å². The van der Waals surface area contributed by atoms with E-state index in [4.69, 9.17) is 0 Å². The van der Waals surface area contributed by atoms with Crippen molar-refractivity contribution in [1.29, 1.82) is 0 Å². The minimum Gasteiger partial charge on any atom is -0.380 e. The Morgan fingerprint density at radius 3 is 2.69 bits per heavy atom. The highest BCUT2D eigenvalue weighted by molar-refractivity contribution is 9.10. The quantitative estimate of drug-likeness (QED) is 0.526.